The third kappa shape index (κ3) is 1.89. The van der Waals surface area contributed by atoms with Crippen molar-refractivity contribution in [2.75, 3.05) is 6.54 Å². The number of rotatable bonds is 0. The second kappa shape index (κ2) is 2.48. The molecule has 0 unspecified atom stereocenters. The van der Waals surface area contributed by atoms with Crippen molar-refractivity contribution in [3.05, 3.63) is 24.0 Å². The Labute approximate surface area is 61.8 Å². The van der Waals surface area contributed by atoms with Crippen LogP contribution >= 0.6 is 0 Å². The molecule has 0 aliphatic carbocycles. The first-order valence-corrected chi connectivity index (χ1v) is 2.97. The fourth-order valence-corrected chi connectivity index (χ4v) is 0.697. The van der Waals surface area contributed by atoms with Crippen molar-refractivity contribution in [1.82, 2.24) is 4.90 Å². The molecule has 11 heavy (non-hydrogen) atoms. The van der Waals surface area contributed by atoms with Crippen molar-refractivity contribution in [2.24, 2.45) is 5.73 Å². The van der Waals surface area contributed by atoms with Crippen LogP contribution in [0.25, 0.3) is 0 Å². The van der Waals surface area contributed by atoms with E-state index in [-0.39, 0.29) is 11.4 Å². The third-order valence-electron chi connectivity index (χ3n) is 1.30. The number of allylic oxidation sites excluding steroid dienone is 1. The van der Waals surface area contributed by atoms with Gasteiger partial charge in [-0.3, -0.25) is 4.90 Å². The van der Waals surface area contributed by atoms with Crippen LogP contribution in [0.2, 0.25) is 0 Å². The Morgan fingerprint density at radius 3 is 2.45 bits per heavy atom. The summed E-state index contributed by atoms with van der Waals surface area (Å²) in [4.78, 5) is 0.253. The van der Waals surface area contributed by atoms with Gasteiger partial charge >= 0.3 is 6.30 Å². The van der Waals surface area contributed by atoms with Gasteiger partial charge < -0.3 is 5.73 Å². The predicted octanol–water partition coefficient (Wildman–Crippen LogP) is 1.18. The minimum atomic E-state index is -4.30. The van der Waals surface area contributed by atoms with Gasteiger partial charge in [0.25, 0.3) is 0 Å². The highest BCUT2D eigenvalue weighted by Gasteiger charge is 2.34. The van der Waals surface area contributed by atoms with E-state index in [0.29, 0.717) is 5.70 Å². The summed E-state index contributed by atoms with van der Waals surface area (Å²) in [5.74, 6) is 0. The van der Waals surface area contributed by atoms with E-state index in [1.807, 2.05) is 0 Å². The number of nitrogens with zero attached hydrogens (tertiary/aromatic N) is 1. The lowest BCUT2D eigenvalue weighted by molar-refractivity contribution is -0.224. The first kappa shape index (κ1) is 7.97. The maximum absolute atomic E-state index is 11.9. The standard InChI is InChI=1S/C6H7F3N2/c7-6(8,9)11-3-1-5(10)2-4-11/h1-3H,4,10H2. The fourth-order valence-electron chi connectivity index (χ4n) is 0.697. The van der Waals surface area contributed by atoms with E-state index in [9.17, 15) is 13.2 Å². The molecule has 1 rings (SSSR count). The Bertz CT molecular complexity index is 204. The number of hydrogen-bond donors (Lipinski definition) is 1. The molecule has 0 saturated carbocycles. The van der Waals surface area contributed by atoms with Crippen LogP contribution in [-0.2, 0) is 0 Å². The van der Waals surface area contributed by atoms with Crippen LogP contribution in [0.4, 0.5) is 13.2 Å². The number of nitrogens with two attached hydrogens (primary N) is 1. The second-order valence-electron chi connectivity index (χ2n) is 2.14. The summed E-state index contributed by atoms with van der Waals surface area (Å²) in [6, 6.07) is 0. The lowest BCUT2D eigenvalue weighted by Gasteiger charge is -2.23. The molecule has 1 heterocycles. The van der Waals surface area contributed by atoms with E-state index < -0.39 is 6.30 Å². The Morgan fingerprint density at radius 2 is 2.09 bits per heavy atom. The van der Waals surface area contributed by atoms with Gasteiger partial charge in [-0.25, -0.2) is 0 Å². The summed E-state index contributed by atoms with van der Waals surface area (Å²) in [5, 5.41) is 0. The molecule has 0 aromatic heterocycles. The Kier molecular flexibility index (Phi) is 1.80. The van der Waals surface area contributed by atoms with Crippen LogP contribution in [0.1, 0.15) is 0 Å². The van der Waals surface area contributed by atoms with Crippen LogP contribution in [0, 0.1) is 0 Å². The number of hydrogen-bond acceptors (Lipinski definition) is 2. The predicted molar refractivity (Wildman–Crippen MR) is 34.2 cm³/mol. The van der Waals surface area contributed by atoms with Gasteiger partial charge in [-0.15, -0.1) is 0 Å². The lowest BCUT2D eigenvalue weighted by atomic mass is 10.3. The van der Waals surface area contributed by atoms with Gasteiger partial charge in [0.15, 0.2) is 0 Å². The van der Waals surface area contributed by atoms with Crippen molar-refractivity contribution < 1.29 is 13.2 Å². The molecule has 2 N–H and O–H groups in total. The molecule has 0 aromatic carbocycles. The number of halogens is 3. The summed E-state index contributed by atoms with van der Waals surface area (Å²) in [6.45, 7) is -0.203. The maximum atomic E-state index is 11.9. The molecule has 0 saturated heterocycles. The van der Waals surface area contributed by atoms with E-state index in [0.717, 1.165) is 6.20 Å². The molecule has 0 atom stereocenters. The minimum Gasteiger partial charge on any atom is -0.399 e. The van der Waals surface area contributed by atoms with Gasteiger partial charge in [-0.1, -0.05) is 0 Å². The van der Waals surface area contributed by atoms with Crippen molar-refractivity contribution in [2.45, 2.75) is 6.30 Å². The minimum absolute atomic E-state index is 0.203. The highest BCUT2D eigenvalue weighted by molar-refractivity contribution is 5.19. The first-order valence-electron chi connectivity index (χ1n) is 2.97. The van der Waals surface area contributed by atoms with E-state index in [1.165, 1.54) is 12.2 Å². The molecule has 0 amide bonds. The van der Waals surface area contributed by atoms with Gasteiger partial charge in [0.2, 0.25) is 0 Å². The molecule has 0 aromatic rings. The van der Waals surface area contributed by atoms with Crippen LogP contribution in [0.5, 0.6) is 0 Å². The van der Waals surface area contributed by atoms with E-state index >= 15 is 0 Å². The van der Waals surface area contributed by atoms with E-state index in [1.54, 1.807) is 0 Å². The summed E-state index contributed by atoms with van der Waals surface area (Å²) < 4.78 is 35.6. The molecule has 1 aliphatic rings. The van der Waals surface area contributed by atoms with Crippen LogP contribution in [0.3, 0.4) is 0 Å². The molecule has 1 aliphatic heterocycles. The fraction of sp³-hybridized carbons (Fsp3) is 0.333. The summed E-state index contributed by atoms with van der Waals surface area (Å²) in [5.41, 5.74) is 5.59. The van der Waals surface area contributed by atoms with Crippen LogP contribution < -0.4 is 5.73 Å². The zero-order valence-electron chi connectivity index (χ0n) is 5.60. The zero-order chi connectivity index (χ0) is 8.48. The SMILES string of the molecule is NC1=CCN(C(F)(F)F)C=C1. The normalized spacial score (nSPS) is 18.5. The second-order valence-corrected chi connectivity index (χ2v) is 2.14. The van der Waals surface area contributed by atoms with E-state index in [4.69, 9.17) is 5.73 Å². The monoisotopic (exact) mass is 164 g/mol. The van der Waals surface area contributed by atoms with Gasteiger partial charge in [-0.2, -0.15) is 13.2 Å². The Hall–Kier alpha value is -1.13. The molecule has 2 nitrogen and oxygen atoms in total. The van der Waals surface area contributed by atoms with Crippen LogP contribution in [0.15, 0.2) is 24.0 Å². The Balaban J connectivity index is 2.63. The quantitative estimate of drug-likeness (QED) is 0.544. The van der Waals surface area contributed by atoms with Crippen molar-refractivity contribution in [3.8, 4) is 0 Å². The van der Waals surface area contributed by atoms with Crippen molar-refractivity contribution in [1.29, 1.82) is 0 Å². The number of alkyl halides is 3. The van der Waals surface area contributed by atoms with Crippen molar-refractivity contribution >= 4 is 0 Å². The topological polar surface area (TPSA) is 29.3 Å². The summed E-state index contributed by atoms with van der Waals surface area (Å²) in [7, 11) is 0. The molecule has 0 fully saturated rings. The molecule has 0 bridgehead atoms. The first-order chi connectivity index (χ1) is 5.00. The van der Waals surface area contributed by atoms with Gasteiger partial charge in [0.05, 0.1) is 0 Å². The molecular formula is C6H7F3N2. The average molecular weight is 164 g/mol. The summed E-state index contributed by atoms with van der Waals surface area (Å²) in [6.07, 6.45) is -0.840. The highest BCUT2D eigenvalue weighted by Crippen LogP contribution is 2.22. The third-order valence-corrected chi connectivity index (χ3v) is 1.30. The maximum Gasteiger partial charge on any atom is 0.484 e. The van der Waals surface area contributed by atoms with Gasteiger partial charge in [0, 0.05) is 18.4 Å². The van der Waals surface area contributed by atoms with Gasteiger partial charge in [0.1, 0.15) is 0 Å². The largest absolute Gasteiger partial charge is 0.484 e. The van der Waals surface area contributed by atoms with E-state index in [2.05, 4.69) is 0 Å². The van der Waals surface area contributed by atoms with Gasteiger partial charge in [-0.05, 0) is 12.2 Å². The Morgan fingerprint density at radius 1 is 1.45 bits per heavy atom. The average Bonchev–Trinajstić information content (AvgIpc) is 1.86. The molecular weight excluding hydrogens is 157 g/mol. The van der Waals surface area contributed by atoms with Crippen LogP contribution in [-0.4, -0.2) is 17.7 Å². The van der Waals surface area contributed by atoms with Crippen molar-refractivity contribution in [3.63, 3.8) is 0 Å². The molecule has 5 heteroatoms. The summed E-state index contributed by atoms with van der Waals surface area (Å²) >= 11 is 0. The zero-order valence-corrected chi connectivity index (χ0v) is 5.60. The smallest absolute Gasteiger partial charge is 0.399 e. The molecule has 0 radical (unpaired) electrons. The molecule has 0 spiro atoms. The lowest BCUT2D eigenvalue weighted by Crippen LogP contribution is -2.35. The highest BCUT2D eigenvalue weighted by atomic mass is 19.4. The molecule has 62 valence electrons.